The van der Waals surface area contributed by atoms with E-state index in [0.29, 0.717) is 25.7 Å². The molecule has 3 atom stereocenters. The predicted molar refractivity (Wildman–Crippen MR) is 281 cm³/mol. The molecular weight excluding hydrogens is 829 g/mol. The molecule has 4 aliphatic carbocycles. The quantitative estimate of drug-likeness (QED) is 0.101. The highest BCUT2D eigenvalue weighted by molar-refractivity contribution is 6.63. The third-order valence-electron chi connectivity index (χ3n) is 19.3. The van der Waals surface area contributed by atoms with Gasteiger partial charge < -0.3 is 14.4 Å². The Balaban J connectivity index is 0.929. The summed E-state index contributed by atoms with van der Waals surface area (Å²) in [5, 5.41) is 37.7. The van der Waals surface area contributed by atoms with Gasteiger partial charge in [0.2, 0.25) is 0 Å². The van der Waals surface area contributed by atoms with Crippen molar-refractivity contribution in [2.45, 2.75) is 30.7 Å². The Bertz CT molecular complexity index is 4770. The van der Waals surface area contributed by atoms with Crippen molar-refractivity contribution in [3.8, 4) is 0 Å². The molecule has 0 aromatic heterocycles. The van der Waals surface area contributed by atoms with Crippen LogP contribution in [0.3, 0.4) is 0 Å². The molecule has 0 saturated carbocycles. The van der Waals surface area contributed by atoms with Crippen LogP contribution >= 0.6 is 0 Å². The number of ether oxygens (including phenoxy) is 2. The monoisotopic (exact) mass is 868 g/mol. The SMILES string of the molecule is COCCOCCN1CC2C3=c4c5c6c7c(cc8cc9cc%10cc%11cc%12c%13c(c4c4c5c5c7c8c7c9c%10c8c%11c%13c4c8c75)=C(C3)C%12)CC62C1c1ccc(N(c2ccccc2)c2ccccc2)cc1. The van der Waals surface area contributed by atoms with Gasteiger partial charge in [0.1, 0.15) is 0 Å². The standard InChI is InChI=1S/C64H40N2O2/c1-67-18-19-68-17-16-65-28-41-40-26-35-24-32-22-33-21-30-20-31-23-34-25-36-27-64(41,63(65)29-12-14-39(15-13-29)66(37-8-4-2-5-9-37)38-10-6-3-7-11-38)62-48(36)53-47(34)52-43(31)42(30)50-46(33)51-44(32)45(35)54-49(40)61(62)60-58(53)56(52)55(50)57(51)59(54)60/h2-15,20-23,25,41,63H,16-19,24,26-28H2,1H3. The number of nitrogens with zero attached hydrogens (tertiary/aromatic N) is 2. The smallest absolute Gasteiger partial charge is 0.0700 e. The molecule has 4 heteroatoms. The van der Waals surface area contributed by atoms with Crippen molar-refractivity contribution in [3.63, 3.8) is 0 Å². The Hall–Kier alpha value is -7.08. The summed E-state index contributed by atoms with van der Waals surface area (Å²) in [7, 11) is 1.77. The molecule has 1 aliphatic heterocycles. The Morgan fingerprint density at radius 1 is 0.515 bits per heavy atom. The van der Waals surface area contributed by atoms with Gasteiger partial charge in [-0.1, -0.05) is 71.8 Å². The Labute approximate surface area is 388 Å². The van der Waals surface area contributed by atoms with E-state index in [1.165, 1.54) is 54.9 Å². The van der Waals surface area contributed by atoms with E-state index in [-0.39, 0.29) is 11.5 Å². The molecule has 0 N–H and O–H groups in total. The summed E-state index contributed by atoms with van der Waals surface area (Å²) in [5.74, 6) is 0.382. The largest absolute Gasteiger partial charge is 0.382 e. The molecule has 1 heterocycles. The zero-order valence-electron chi connectivity index (χ0n) is 37.5. The highest BCUT2D eigenvalue weighted by Gasteiger charge is 2.62. The average molecular weight is 869 g/mol. The molecule has 0 radical (unpaired) electrons. The minimum atomic E-state index is -0.133. The fourth-order valence-corrected chi connectivity index (χ4v) is 17.6. The van der Waals surface area contributed by atoms with Crippen LogP contribution in [0.15, 0.2) is 115 Å². The molecule has 1 saturated heterocycles. The molecule has 20 rings (SSSR count). The molecule has 15 aromatic carbocycles. The van der Waals surface area contributed by atoms with Crippen molar-refractivity contribution >= 4 is 147 Å². The lowest BCUT2D eigenvalue weighted by atomic mass is 9.60. The second kappa shape index (κ2) is 10.8. The van der Waals surface area contributed by atoms with Crippen LogP contribution in [-0.4, -0.2) is 44.9 Å². The van der Waals surface area contributed by atoms with Gasteiger partial charge in [0, 0.05) is 54.6 Å². The predicted octanol–water partition coefficient (Wildman–Crippen LogP) is 13.2. The number of methoxy groups -OCH3 is 1. The zero-order valence-corrected chi connectivity index (χ0v) is 37.5. The summed E-state index contributed by atoms with van der Waals surface area (Å²) in [6.07, 6.45) is 3.22. The third kappa shape index (κ3) is 3.30. The number of hydrogen-bond donors (Lipinski definition) is 0. The zero-order chi connectivity index (χ0) is 43.4. The van der Waals surface area contributed by atoms with Crippen LogP contribution in [0, 0.1) is 5.92 Å². The van der Waals surface area contributed by atoms with Gasteiger partial charge in [0.05, 0.1) is 19.8 Å². The van der Waals surface area contributed by atoms with Crippen molar-refractivity contribution in [1.82, 2.24) is 4.90 Å². The van der Waals surface area contributed by atoms with E-state index >= 15 is 0 Å². The van der Waals surface area contributed by atoms with Gasteiger partial charge in [-0.15, -0.1) is 0 Å². The van der Waals surface area contributed by atoms with Crippen LogP contribution in [0.25, 0.3) is 130 Å². The molecule has 15 aromatic rings. The first-order valence-electron chi connectivity index (χ1n) is 25.0. The van der Waals surface area contributed by atoms with Gasteiger partial charge in [-0.05, 0) is 225 Å². The van der Waals surface area contributed by atoms with Gasteiger partial charge in [-0.2, -0.15) is 0 Å². The molecule has 3 unspecified atom stereocenters. The lowest BCUT2D eigenvalue weighted by Crippen LogP contribution is -2.44. The molecule has 1 spiro atoms. The second-order valence-electron chi connectivity index (χ2n) is 21.8. The van der Waals surface area contributed by atoms with E-state index < -0.39 is 0 Å². The summed E-state index contributed by atoms with van der Waals surface area (Å²) in [4.78, 5) is 5.29. The minimum Gasteiger partial charge on any atom is -0.382 e. The maximum absolute atomic E-state index is 6.41. The van der Waals surface area contributed by atoms with Crippen LogP contribution in [0.5, 0.6) is 0 Å². The molecule has 5 aliphatic rings. The van der Waals surface area contributed by atoms with Crippen molar-refractivity contribution in [2.24, 2.45) is 5.92 Å². The number of anilines is 3. The van der Waals surface area contributed by atoms with Crippen LogP contribution in [0.4, 0.5) is 17.1 Å². The number of fused-ring (bicyclic) bond motifs is 1. The fraction of sp³-hybridized carbons (Fsp3) is 0.188. The normalized spacial score (nSPS) is 21.1. The lowest BCUT2D eigenvalue weighted by molar-refractivity contribution is 0.0525. The van der Waals surface area contributed by atoms with E-state index in [1.807, 2.05) is 0 Å². The van der Waals surface area contributed by atoms with Gasteiger partial charge in [0.25, 0.3) is 0 Å². The highest BCUT2D eigenvalue weighted by Crippen LogP contribution is 2.70. The van der Waals surface area contributed by atoms with Crippen LogP contribution in [0.2, 0.25) is 0 Å². The topological polar surface area (TPSA) is 24.9 Å². The first-order chi connectivity index (χ1) is 33.7. The summed E-state index contributed by atoms with van der Waals surface area (Å²) in [6, 6.07) is 44.8. The Morgan fingerprint density at radius 3 is 1.75 bits per heavy atom. The number of rotatable bonds is 10. The van der Waals surface area contributed by atoms with Gasteiger partial charge in [-0.3, -0.25) is 4.90 Å². The Morgan fingerprint density at radius 2 is 1.07 bits per heavy atom. The van der Waals surface area contributed by atoms with Gasteiger partial charge in [0.15, 0.2) is 0 Å². The van der Waals surface area contributed by atoms with E-state index in [2.05, 4.69) is 125 Å². The maximum atomic E-state index is 6.41. The van der Waals surface area contributed by atoms with Gasteiger partial charge >= 0.3 is 0 Å². The van der Waals surface area contributed by atoms with E-state index in [1.54, 1.807) is 132 Å². The summed E-state index contributed by atoms with van der Waals surface area (Å²) >= 11 is 0. The van der Waals surface area contributed by atoms with Crippen molar-refractivity contribution < 1.29 is 9.47 Å². The molecule has 1 fully saturated rings. The average Bonchev–Trinajstić information content (AvgIpc) is 4.24. The van der Waals surface area contributed by atoms with E-state index in [4.69, 9.17) is 9.47 Å². The molecule has 0 amide bonds. The van der Waals surface area contributed by atoms with Crippen molar-refractivity contribution in [3.05, 3.63) is 148 Å². The highest BCUT2D eigenvalue weighted by atomic mass is 16.5. The van der Waals surface area contributed by atoms with Gasteiger partial charge in [-0.25, -0.2) is 0 Å². The number of benzene rings is 11. The number of para-hydroxylation sites is 2. The lowest BCUT2D eigenvalue weighted by Gasteiger charge is -2.43. The first kappa shape index (κ1) is 34.2. The summed E-state index contributed by atoms with van der Waals surface area (Å²) in [5.41, 5.74) is 13.1. The molecule has 68 heavy (non-hydrogen) atoms. The molecule has 4 nitrogen and oxygen atoms in total. The van der Waals surface area contributed by atoms with E-state index in [9.17, 15) is 0 Å². The first-order valence-corrected chi connectivity index (χ1v) is 25.0. The van der Waals surface area contributed by atoms with Crippen LogP contribution in [-0.2, 0) is 27.7 Å². The van der Waals surface area contributed by atoms with E-state index in [0.717, 1.165) is 32.4 Å². The fourth-order valence-electron chi connectivity index (χ4n) is 17.6. The molecular formula is C64H40N2O2. The van der Waals surface area contributed by atoms with Crippen LogP contribution < -0.4 is 15.3 Å². The molecule has 318 valence electrons. The summed E-state index contributed by atoms with van der Waals surface area (Å²) in [6.45, 7) is 3.84. The number of likely N-dealkylation sites (tertiary alicyclic amines) is 1. The molecule has 0 bridgehead atoms. The maximum Gasteiger partial charge on any atom is 0.0700 e. The number of hydrogen-bond acceptors (Lipinski definition) is 4. The Kier molecular flexibility index (Phi) is 5.43. The third-order valence-corrected chi connectivity index (χ3v) is 19.3. The van der Waals surface area contributed by atoms with Crippen molar-refractivity contribution in [1.29, 1.82) is 0 Å². The minimum absolute atomic E-state index is 0.133. The van der Waals surface area contributed by atoms with Crippen molar-refractivity contribution in [2.75, 3.05) is 44.9 Å². The van der Waals surface area contributed by atoms with Crippen LogP contribution in [0.1, 0.15) is 34.7 Å². The second-order valence-corrected chi connectivity index (χ2v) is 21.8. The summed E-state index contributed by atoms with van der Waals surface area (Å²) < 4.78 is 11.9.